The highest BCUT2D eigenvalue weighted by atomic mass is 19.1. The molecule has 1 aromatic heterocycles. The highest BCUT2D eigenvalue weighted by molar-refractivity contribution is 6.08. The van der Waals surface area contributed by atoms with Gasteiger partial charge in [-0.2, -0.15) is 0 Å². The maximum Gasteiger partial charge on any atom is 0.258 e. The van der Waals surface area contributed by atoms with E-state index >= 15 is 0 Å². The van der Waals surface area contributed by atoms with E-state index in [-0.39, 0.29) is 11.7 Å². The third kappa shape index (κ3) is 4.97. The Morgan fingerprint density at radius 2 is 1.71 bits per heavy atom. The third-order valence-electron chi connectivity index (χ3n) is 5.39. The van der Waals surface area contributed by atoms with E-state index in [0.29, 0.717) is 17.8 Å². The van der Waals surface area contributed by atoms with Gasteiger partial charge in [0.05, 0.1) is 6.54 Å². The number of halogens is 1. The summed E-state index contributed by atoms with van der Waals surface area (Å²) in [5.41, 5.74) is 3.23. The molecular weight excluding hydrogens is 387 g/mol. The normalized spacial score (nSPS) is 10.9. The van der Waals surface area contributed by atoms with Gasteiger partial charge in [-0.05, 0) is 71.6 Å². The van der Waals surface area contributed by atoms with Crippen molar-refractivity contribution in [1.82, 2.24) is 4.98 Å². The molecule has 3 aromatic carbocycles. The maximum atomic E-state index is 13.5. The number of benzene rings is 3. The minimum atomic E-state index is -0.330. The number of unbranched alkanes of at least 4 members (excludes halogenated alkanes) is 1. The standard InChI is InChI=1S/C27H25FN2O/c1-2-3-8-25-14-9-20(18-29-25)19-30(26-15-12-24(28)13-16-26)27(31)23-11-10-21-6-4-5-7-22(21)17-23/h4-7,9-18H,2-3,8,19H2,1H3. The quantitative estimate of drug-likeness (QED) is 0.344. The minimum absolute atomic E-state index is 0.132. The molecule has 0 saturated carbocycles. The second-order valence-electron chi connectivity index (χ2n) is 7.69. The Labute approximate surface area is 182 Å². The summed E-state index contributed by atoms with van der Waals surface area (Å²) >= 11 is 0. The van der Waals surface area contributed by atoms with Crippen LogP contribution in [0.4, 0.5) is 10.1 Å². The number of anilines is 1. The number of aromatic nitrogens is 1. The fourth-order valence-electron chi connectivity index (χ4n) is 3.62. The molecule has 3 nitrogen and oxygen atoms in total. The largest absolute Gasteiger partial charge is 0.304 e. The first-order valence-corrected chi connectivity index (χ1v) is 10.6. The van der Waals surface area contributed by atoms with E-state index in [1.807, 2.05) is 60.8 Å². The number of aryl methyl sites for hydroxylation is 1. The van der Waals surface area contributed by atoms with Gasteiger partial charge >= 0.3 is 0 Å². The molecule has 0 N–H and O–H groups in total. The molecule has 0 fully saturated rings. The van der Waals surface area contributed by atoms with Crippen LogP contribution in [-0.4, -0.2) is 10.9 Å². The maximum absolute atomic E-state index is 13.5. The van der Waals surface area contributed by atoms with Crippen LogP contribution in [0.25, 0.3) is 10.8 Å². The van der Waals surface area contributed by atoms with Crippen LogP contribution in [0.3, 0.4) is 0 Å². The Morgan fingerprint density at radius 1 is 0.935 bits per heavy atom. The Hall–Kier alpha value is -3.53. The van der Waals surface area contributed by atoms with Gasteiger partial charge in [-0.1, -0.05) is 49.7 Å². The number of pyridine rings is 1. The van der Waals surface area contributed by atoms with Crippen molar-refractivity contribution in [1.29, 1.82) is 0 Å². The number of amides is 1. The van der Waals surface area contributed by atoms with Crippen LogP contribution in [0.15, 0.2) is 85.1 Å². The number of carbonyl (C=O) groups is 1. The molecule has 0 spiro atoms. The van der Waals surface area contributed by atoms with Crippen molar-refractivity contribution in [2.45, 2.75) is 32.7 Å². The van der Waals surface area contributed by atoms with Crippen molar-refractivity contribution in [2.24, 2.45) is 0 Å². The molecule has 4 heteroatoms. The highest BCUT2D eigenvalue weighted by Gasteiger charge is 2.19. The summed E-state index contributed by atoms with van der Waals surface area (Å²) < 4.78 is 13.5. The molecule has 1 heterocycles. The van der Waals surface area contributed by atoms with Crippen LogP contribution >= 0.6 is 0 Å². The van der Waals surface area contributed by atoms with Crippen molar-refractivity contribution in [3.63, 3.8) is 0 Å². The van der Waals surface area contributed by atoms with E-state index in [1.165, 1.54) is 12.1 Å². The van der Waals surface area contributed by atoms with Crippen LogP contribution < -0.4 is 4.90 Å². The van der Waals surface area contributed by atoms with Gasteiger partial charge in [-0.25, -0.2) is 4.39 Å². The SMILES string of the molecule is CCCCc1ccc(CN(C(=O)c2ccc3ccccc3c2)c2ccc(F)cc2)cn1. The fourth-order valence-corrected chi connectivity index (χ4v) is 3.62. The number of hydrogen-bond acceptors (Lipinski definition) is 2. The first kappa shape index (κ1) is 20.7. The first-order valence-electron chi connectivity index (χ1n) is 10.6. The Morgan fingerprint density at radius 3 is 2.42 bits per heavy atom. The van der Waals surface area contributed by atoms with E-state index in [9.17, 15) is 9.18 Å². The van der Waals surface area contributed by atoms with Gasteiger partial charge in [0, 0.05) is 23.1 Å². The van der Waals surface area contributed by atoms with Crippen molar-refractivity contribution in [3.8, 4) is 0 Å². The molecule has 31 heavy (non-hydrogen) atoms. The number of fused-ring (bicyclic) bond motifs is 1. The molecule has 0 bridgehead atoms. The molecule has 0 unspecified atom stereocenters. The number of nitrogens with zero attached hydrogens (tertiary/aromatic N) is 2. The second kappa shape index (κ2) is 9.52. The molecule has 0 aliphatic carbocycles. The Balaban J connectivity index is 1.65. The zero-order chi connectivity index (χ0) is 21.6. The molecule has 0 atom stereocenters. The second-order valence-corrected chi connectivity index (χ2v) is 7.69. The average molecular weight is 413 g/mol. The van der Waals surface area contributed by atoms with Crippen molar-refractivity contribution in [2.75, 3.05) is 4.90 Å². The molecule has 1 amide bonds. The zero-order valence-corrected chi connectivity index (χ0v) is 17.6. The van der Waals surface area contributed by atoms with E-state index in [0.717, 1.165) is 41.3 Å². The van der Waals surface area contributed by atoms with Crippen LogP contribution in [0.2, 0.25) is 0 Å². The molecule has 0 aliphatic rings. The lowest BCUT2D eigenvalue weighted by Crippen LogP contribution is -2.30. The molecule has 0 aliphatic heterocycles. The van der Waals surface area contributed by atoms with Gasteiger partial charge in [0.1, 0.15) is 5.82 Å². The predicted octanol–water partition coefficient (Wildman–Crippen LogP) is 6.56. The lowest BCUT2D eigenvalue weighted by Gasteiger charge is -2.23. The summed E-state index contributed by atoms with van der Waals surface area (Å²) in [4.78, 5) is 19.7. The summed E-state index contributed by atoms with van der Waals surface area (Å²) in [6.45, 7) is 2.52. The van der Waals surface area contributed by atoms with Crippen molar-refractivity contribution >= 4 is 22.4 Å². The average Bonchev–Trinajstić information content (AvgIpc) is 2.82. The predicted molar refractivity (Wildman–Crippen MR) is 124 cm³/mol. The van der Waals surface area contributed by atoms with Gasteiger partial charge < -0.3 is 4.90 Å². The van der Waals surface area contributed by atoms with Crippen LogP contribution in [-0.2, 0) is 13.0 Å². The van der Waals surface area contributed by atoms with E-state index in [2.05, 4.69) is 11.9 Å². The van der Waals surface area contributed by atoms with E-state index in [1.54, 1.807) is 17.0 Å². The van der Waals surface area contributed by atoms with Crippen molar-refractivity contribution in [3.05, 3.63) is 108 Å². The summed E-state index contributed by atoms with van der Waals surface area (Å²) in [6.07, 6.45) is 5.01. The zero-order valence-electron chi connectivity index (χ0n) is 17.6. The van der Waals surface area contributed by atoms with Gasteiger partial charge in [-0.3, -0.25) is 9.78 Å². The molecule has 4 rings (SSSR count). The first-order chi connectivity index (χ1) is 15.1. The third-order valence-corrected chi connectivity index (χ3v) is 5.39. The van der Waals surface area contributed by atoms with E-state index in [4.69, 9.17) is 0 Å². The van der Waals surface area contributed by atoms with Gasteiger partial charge in [0.15, 0.2) is 0 Å². The van der Waals surface area contributed by atoms with Crippen LogP contribution in [0.1, 0.15) is 41.4 Å². The Kier molecular flexibility index (Phi) is 6.37. The number of rotatable bonds is 7. The lowest BCUT2D eigenvalue weighted by molar-refractivity contribution is 0.0985. The topological polar surface area (TPSA) is 33.2 Å². The van der Waals surface area contributed by atoms with Crippen LogP contribution in [0.5, 0.6) is 0 Å². The minimum Gasteiger partial charge on any atom is -0.304 e. The molecule has 156 valence electrons. The smallest absolute Gasteiger partial charge is 0.258 e. The summed E-state index contributed by atoms with van der Waals surface area (Å²) in [5, 5.41) is 2.09. The lowest BCUT2D eigenvalue weighted by atomic mass is 10.1. The highest BCUT2D eigenvalue weighted by Crippen LogP contribution is 2.23. The van der Waals surface area contributed by atoms with Crippen LogP contribution in [0, 0.1) is 5.82 Å². The Bertz CT molecular complexity index is 1170. The number of hydrogen-bond donors (Lipinski definition) is 0. The summed E-state index contributed by atoms with van der Waals surface area (Å²) in [7, 11) is 0. The fraction of sp³-hybridized carbons (Fsp3) is 0.185. The van der Waals surface area contributed by atoms with Crippen molar-refractivity contribution < 1.29 is 9.18 Å². The molecule has 0 saturated heterocycles. The van der Waals surface area contributed by atoms with Gasteiger partial charge in [0.2, 0.25) is 0 Å². The summed E-state index contributed by atoms with van der Waals surface area (Å²) in [5.74, 6) is -0.462. The molecule has 0 radical (unpaired) electrons. The molecular formula is C27H25FN2O. The summed E-state index contributed by atoms with van der Waals surface area (Å²) in [6, 6.07) is 23.7. The molecule has 4 aromatic rings. The van der Waals surface area contributed by atoms with Gasteiger partial charge in [-0.15, -0.1) is 0 Å². The van der Waals surface area contributed by atoms with E-state index < -0.39 is 0 Å². The van der Waals surface area contributed by atoms with Gasteiger partial charge in [0.25, 0.3) is 5.91 Å². The monoisotopic (exact) mass is 412 g/mol. The number of carbonyl (C=O) groups excluding carboxylic acids is 1.